The first-order chi connectivity index (χ1) is 10.6. The van der Waals surface area contributed by atoms with Crippen LogP contribution in [0.3, 0.4) is 0 Å². The summed E-state index contributed by atoms with van der Waals surface area (Å²) in [6.45, 7) is 1.87. The summed E-state index contributed by atoms with van der Waals surface area (Å²) in [5, 5.41) is 13.3. The van der Waals surface area contributed by atoms with Gasteiger partial charge in [-0.3, -0.25) is 4.79 Å². The van der Waals surface area contributed by atoms with Crippen molar-refractivity contribution in [3.8, 4) is 0 Å². The Kier molecular flexibility index (Phi) is 3.69. The lowest BCUT2D eigenvalue weighted by Gasteiger charge is -2.04. The maximum Gasteiger partial charge on any atom is 0.193 e. The third-order valence-corrected chi connectivity index (χ3v) is 3.85. The first-order valence-corrected chi connectivity index (χ1v) is 7.08. The number of aryl methyl sites for hydroxylation is 1. The topological polar surface area (TPSA) is 65.5 Å². The summed E-state index contributed by atoms with van der Waals surface area (Å²) in [6, 6.07) is 12.2. The molecule has 0 bridgehead atoms. The molecule has 5 heteroatoms. The Balaban J connectivity index is 2.22. The van der Waals surface area contributed by atoms with Crippen LogP contribution in [-0.2, 0) is 0 Å². The van der Waals surface area contributed by atoms with Crippen LogP contribution >= 0.6 is 11.6 Å². The van der Waals surface area contributed by atoms with Gasteiger partial charge in [0.2, 0.25) is 0 Å². The number of halogens is 1. The minimum Gasteiger partial charge on any atom is -0.411 e. The largest absolute Gasteiger partial charge is 0.411 e. The maximum atomic E-state index is 12.8. The van der Waals surface area contributed by atoms with Gasteiger partial charge in [-0.2, -0.15) is 0 Å². The van der Waals surface area contributed by atoms with Gasteiger partial charge < -0.3 is 10.2 Å². The second-order valence-electron chi connectivity index (χ2n) is 4.97. The summed E-state index contributed by atoms with van der Waals surface area (Å²) in [7, 11) is 0. The molecule has 0 spiro atoms. The third kappa shape index (κ3) is 2.38. The molecule has 22 heavy (non-hydrogen) atoms. The molecule has 0 unspecified atom stereocenters. The van der Waals surface area contributed by atoms with E-state index in [4.69, 9.17) is 16.8 Å². The Bertz CT molecular complexity index is 880. The number of oxime groups is 1. The average molecular weight is 313 g/mol. The highest BCUT2D eigenvalue weighted by Crippen LogP contribution is 2.27. The normalized spacial score (nSPS) is 11.4. The van der Waals surface area contributed by atoms with Gasteiger partial charge in [0.15, 0.2) is 5.78 Å². The molecule has 110 valence electrons. The average Bonchev–Trinajstić information content (AvgIpc) is 2.84. The van der Waals surface area contributed by atoms with Crippen LogP contribution in [0.25, 0.3) is 10.9 Å². The van der Waals surface area contributed by atoms with Gasteiger partial charge in [0.25, 0.3) is 0 Å². The minimum absolute atomic E-state index is 0.103. The SMILES string of the molecule is Cc1[nH]c2cccc(C(=O)c3ccc(Cl)cc3)c2c1C=NO. The summed E-state index contributed by atoms with van der Waals surface area (Å²) in [5.74, 6) is -0.103. The maximum absolute atomic E-state index is 12.8. The standard InChI is InChI=1S/C17H13ClN2O2/c1-10-14(9-19-22)16-13(3-2-4-15(16)20-10)17(21)11-5-7-12(18)8-6-11/h2-9,20,22H,1H3. The number of hydrogen-bond donors (Lipinski definition) is 2. The first kappa shape index (κ1) is 14.4. The molecule has 0 fully saturated rings. The highest BCUT2D eigenvalue weighted by atomic mass is 35.5. The van der Waals surface area contributed by atoms with Gasteiger partial charge in [-0.15, -0.1) is 0 Å². The molecule has 0 saturated heterocycles. The predicted molar refractivity (Wildman–Crippen MR) is 87.3 cm³/mol. The van der Waals surface area contributed by atoms with E-state index < -0.39 is 0 Å². The van der Waals surface area contributed by atoms with E-state index in [1.165, 1.54) is 6.21 Å². The molecule has 0 aliphatic carbocycles. The van der Waals surface area contributed by atoms with Gasteiger partial charge in [0.05, 0.1) is 6.21 Å². The lowest BCUT2D eigenvalue weighted by atomic mass is 9.97. The number of aromatic nitrogens is 1. The molecule has 0 aliphatic rings. The zero-order valence-corrected chi connectivity index (χ0v) is 12.6. The Morgan fingerprint density at radius 3 is 2.64 bits per heavy atom. The van der Waals surface area contributed by atoms with Crippen LogP contribution in [0, 0.1) is 6.92 Å². The number of carbonyl (C=O) groups excluding carboxylic acids is 1. The Morgan fingerprint density at radius 2 is 1.95 bits per heavy atom. The van der Waals surface area contributed by atoms with E-state index in [1.807, 2.05) is 19.1 Å². The molecule has 1 heterocycles. The van der Waals surface area contributed by atoms with E-state index in [2.05, 4.69) is 10.1 Å². The zero-order valence-electron chi connectivity index (χ0n) is 11.8. The number of rotatable bonds is 3. The van der Waals surface area contributed by atoms with Crippen LogP contribution in [0.1, 0.15) is 27.2 Å². The minimum atomic E-state index is -0.103. The number of aromatic amines is 1. The molecule has 3 rings (SSSR count). The fourth-order valence-electron chi connectivity index (χ4n) is 2.57. The zero-order chi connectivity index (χ0) is 15.7. The lowest BCUT2D eigenvalue weighted by molar-refractivity contribution is 0.104. The molecule has 2 N–H and O–H groups in total. The summed E-state index contributed by atoms with van der Waals surface area (Å²) >= 11 is 5.87. The predicted octanol–water partition coefficient (Wildman–Crippen LogP) is 4.17. The van der Waals surface area contributed by atoms with E-state index in [-0.39, 0.29) is 5.78 Å². The van der Waals surface area contributed by atoms with Crippen LogP contribution in [0.15, 0.2) is 47.6 Å². The lowest BCUT2D eigenvalue weighted by Crippen LogP contribution is -2.02. The summed E-state index contributed by atoms with van der Waals surface area (Å²) in [5.41, 5.74) is 3.48. The number of carbonyl (C=O) groups is 1. The number of benzene rings is 2. The van der Waals surface area contributed by atoms with E-state index in [0.29, 0.717) is 21.7 Å². The van der Waals surface area contributed by atoms with Crippen molar-refractivity contribution in [3.63, 3.8) is 0 Å². The molecule has 1 aromatic heterocycles. The third-order valence-electron chi connectivity index (χ3n) is 3.60. The van der Waals surface area contributed by atoms with Crippen molar-refractivity contribution in [1.29, 1.82) is 0 Å². The van der Waals surface area contributed by atoms with Crippen LogP contribution in [-0.4, -0.2) is 22.2 Å². The van der Waals surface area contributed by atoms with Gasteiger partial charge in [0.1, 0.15) is 0 Å². The monoisotopic (exact) mass is 312 g/mol. The van der Waals surface area contributed by atoms with Crippen LogP contribution < -0.4 is 0 Å². The van der Waals surface area contributed by atoms with Crippen LogP contribution in [0.2, 0.25) is 5.02 Å². The van der Waals surface area contributed by atoms with E-state index in [0.717, 1.165) is 16.6 Å². The number of hydrogen-bond acceptors (Lipinski definition) is 3. The van der Waals surface area contributed by atoms with Crippen molar-refractivity contribution in [1.82, 2.24) is 4.98 Å². The van der Waals surface area contributed by atoms with Gasteiger partial charge in [-0.25, -0.2) is 0 Å². The highest BCUT2D eigenvalue weighted by Gasteiger charge is 2.17. The second kappa shape index (κ2) is 5.66. The molecular formula is C17H13ClN2O2. The van der Waals surface area contributed by atoms with Crippen molar-refractivity contribution < 1.29 is 10.0 Å². The summed E-state index contributed by atoms with van der Waals surface area (Å²) in [4.78, 5) is 16.0. The van der Waals surface area contributed by atoms with Gasteiger partial charge in [-0.1, -0.05) is 28.9 Å². The molecule has 0 saturated carbocycles. The molecule has 4 nitrogen and oxygen atoms in total. The number of H-pyrrole nitrogens is 1. The molecule has 0 radical (unpaired) electrons. The van der Waals surface area contributed by atoms with Crippen molar-refractivity contribution in [2.45, 2.75) is 6.92 Å². The second-order valence-corrected chi connectivity index (χ2v) is 5.41. The Morgan fingerprint density at radius 1 is 1.23 bits per heavy atom. The molecule has 0 amide bonds. The summed E-state index contributed by atoms with van der Waals surface area (Å²) in [6.07, 6.45) is 1.34. The van der Waals surface area contributed by atoms with Crippen LogP contribution in [0.5, 0.6) is 0 Å². The number of nitrogens with one attached hydrogen (secondary N) is 1. The smallest absolute Gasteiger partial charge is 0.193 e. The Hall–Kier alpha value is -2.59. The van der Waals surface area contributed by atoms with E-state index in [9.17, 15) is 4.79 Å². The molecule has 0 atom stereocenters. The first-order valence-electron chi connectivity index (χ1n) is 6.71. The number of ketones is 1. The van der Waals surface area contributed by atoms with Gasteiger partial charge in [-0.05, 0) is 37.3 Å². The summed E-state index contributed by atoms with van der Waals surface area (Å²) < 4.78 is 0. The van der Waals surface area contributed by atoms with E-state index in [1.54, 1.807) is 30.3 Å². The van der Waals surface area contributed by atoms with Crippen molar-refractivity contribution in [2.75, 3.05) is 0 Å². The van der Waals surface area contributed by atoms with Gasteiger partial charge >= 0.3 is 0 Å². The van der Waals surface area contributed by atoms with E-state index >= 15 is 0 Å². The van der Waals surface area contributed by atoms with Crippen LogP contribution in [0.4, 0.5) is 0 Å². The fourth-order valence-corrected chi connectivity index (χ4v) is 2.69. The Labute approximate surface area is 132 Å². The van der Waals surface area contributed by atoms with Crippen molar-refractivity contribution in [3.05, 3.63) is 69.9 Å². The highest BCUT2D eigenvalue weighted by molar-refractivity contribution is 6.30. The fraction of sp³-hybridized carbons (Fsp3) is 0.0588. The quantitative estimate of drug-likeness (QED) is 0.330. The molecule has 0 aliphatic heterocycles. The van der Waals surface area contributed by atoms with Crippen molar-refractivity contribution in [2.24, 2.45) is 5.16 Å². The van der Waals surface area contributed by atoms with Crippen molar-refractivity contribution >= 4 is 34.5 Å². The molecule has 2 aromatic carbocycles. The molecule has 3 aromatic rings. The molecular weight excluding hydrogens is 300 g/mol. The number of fused-ring (bicyclic) bond motifs is 1. The van der Waals surface area contributed by atoms with Gasteiger partial charge in [0, 0.05) is 38.3 Å². The number of nitrogens with zero attached hydrogens (tertiary/aromatic N) is 1.